The van der Waals surface area contributed by atoms with E-state index in [4.69, 9.17) is 10.5 Å². The predicted octanol–water partition coefficient (Wildman–Crippen LogP) is 0.829. The summed E-state index contributed by atoms with van der Waals surface area (Å²) in [6.07, 6.45) is -1.00. The molecular formula is C15H22NO7PS. The number of ketones is 1. The van der Waals surface area contributed by atoms with Gasteiger partial charge in [-0.1, -0.05) is 0 Å². The first-order chi connectivity index (χ1) is 11.5. The summed E-state index contributed by atoms with van der Waals surface area (Å²) in [7, 11) is -7.27. The van der Waals surface area contributed by atoms with Crippen LogP contribution in [0.15, 0.2) is 24.3 Å². The van der Waals surface area contributed by atoms with Gasteiger partial charge in [0.15, 0.2) is 15.6 Å². The number of ether oxygens (including phenoxy) is 1. The highest BCUT2D eigenvalue weighted by molar-refractivity contribution is 7.91. The van der Waals surface area contributed by atoms with Crippen molar-refractivity contribution in [2.24, 2.45) is 5.73 Å². The summed E-state index contributed by atoms with van der Waals surface area (Å²) < 4.78 is 40.9. The standard InChI is InChI=1S/C15H22NO7PS/c1-12(17)13-2-4-14(5-3-13)23-7-10-25(21,22)11-9-24(19,20)8-6-15(16)18/h2-5H,6-11H2,1H3,(H2,16,18)(H,19,20). The van der Waals surface area contributed by atoms with Gasteiger partial charge in [0.2, 0.25) is 13.3 Å². The maximum absolute atomic E-state index is 11.9. The molecular weight excluding hydrogens is 369 g/mol. The van der Waals surface area contributed by atoms with Crippen LogP contribution in [0, 0.1) is 0 Å². The molecule has 0 heterocycles. The van der Waals surface area contributed by atoms with Crippen LogP contribution in [0.4, 0.5) is 0 Å². The van der Waals surface area contributed by atoms with E-state index in [1.54, 1.807) is 24.3 Å². The zero-order valence-corrected chi connectivity index (χ0v) is 15.6. The van der Waals surface area contributed by atoms with E-state index in [9.17, 15) is 27.5 Å². The van der Waals surface area contributed by atoms with Gasteiger partial charge in [-0.3, -0.25) is 14.2 Å². The lowest BCUT2D eigenvalue weighted by atomic mass is 10.1. The molecule has 10 heteroatoms. The fourth-order valence-corrected chi connectivity index (χ4v) is 5.44. The highest BCUT2D eigenvalue weighted by Gasteiger charge is 2.23. The minimum absolute atomic E-state index is 0.0844. The molecule has 0 spiro atoms. The van der Waals surface area contributed by atoms with Crippen LogP contribution < -0.4 is 10.5 Å². The number of primary amides is 1. The van der Waals surface area contributed by atoms with Gasteiger partial charge in [0.25, 0.3) is 0 Å². The molecule has 0 aliphatic rings. The third-order valence-electron chi connectivity index (χ3n) is 3.38. The average Bonchev–Trinajstić information content (AvgIpc) is 2.52. The van der Waals surface area contributed by atoms with E-state index in [1.165, 1.54) is 6.92 Å². The first-order valence-electron chi connectivity index (χ1n) is 7.54. The van der Waals surface area contributed by atoms with Crippen molar-refractivity contribution in [3.8, 4) is 5.75 Å². The first kappa shape index (κ1) is 21.3. The highest BCUT2D eigenvalue weighted by atomic mass is 32.2. The minimum Gasteiger partial charge on any atom is -0.493 e. The molecule has 25 heavy (non-hydrogen) atoms. The molecule has 1 unspecified atom stereocenters. The number of Topliss-reactive ketones (excluding diaryl/α,β-unsaturated/α-hetero) is 1. The molecule has 140 valence electrons. The number of rotatable bonds is 11. The molecule has 0 saturated carbocycles. The average molecular weight is 391 g/mol. The third-order valence-corrected chi connectivity index (χ3v) is 7.15. The fraction of sp³-hybridized carbons (Fsp3) is 0.467. The normalized spacial score (nSPS) is 13.8. The van der Waals surface area contributed by atoms with Crippen LogP contribution in [-0.4, -0.2) is 55.4 Å². The summed E-state index contributed by atoms with van der Waals surface area (Å²) in [6, 6.07) is 6.28. The maximum atomic E-state index is 11.9. The van der Waals surface area contributed by atoms with Crippen LogP contribution in [0.25, 0.3) is 0 Å². The number of carbonyl (C=O) groups excluding carboxylic acids is 2. The topological polar surface area (TPSA) is 141 Å². The largest absolute Gasteiger partial charge is 0.493 e. The lowest BCUT2D eigenvalue weighted by Gasteiger charge is -2.11. The van der Waals surface area contributed by atoms with Gasteiger partial charge in [0.1, 0.15) is 12.4 Å². The number of sulfone groups is 1. The molecule has 3 N–H and O–H groups in total. The Bertz CT molecular complexity index is 759. The Labute approximate surface area is 146 Å². The van der Waals surface area contributed by atoms with Crippen molar-refractivity contribution in [1.82, 2.24) is 0 Å². The summed E-state index contributed by atoms with van der Waals surface area (Å²) in [4.78, 5) is 31.4. The molecule has 1 atom stereocenters. The zero-order valence-electron chi connectivity index (χ0n) is 13.9. The monoisotopic (exact) mass is 391 g/mol. The molecule has 1 rings (SSSR count). The molecule has 0 bridgehead atoms. The number of benzene rings is 1. The molecule has 1 aromatic rings. The number of amides is 1. The van der Waals surface area contributed by atoms with Crippen molar-refractivity contribution in [3.05, 3.63) is 29.8 Å². The van der Waals surface area contributed by atoms with Gasteiger partial charge >= 0.3 is 0 Å². The summed E-state index contributed by atoms with van der Waals surface area (Å²) in [6.45, 7) is 1.32. The Kier molecular flexibility index (Phi) is 7.79. The van der Waals surface area contributed by atoms with Crippen LogP contribution in [0.3, 0.4) is 0 Å². The van der Waals surface area contributed by atoms with E-state index in [0.717, 1.165) is 0 Å². The predicted molar refractivity (Wildman–Crippen MR) is 94.0 cm³/mol. The summed E-state index contributed by atoms with van der Waals surface area (Å²) in [5, 5.41) is 0. The van der Waals surface area contributed by atoms with E-state index in [0.29, 0.717) is 11.3 Å². The van der Waals surface area contributed by atoms with Crippen molar-refractivity contribution < 1.29 is 32.2 Å². The fourth-order valence-electron chi connectivity index (χ4n) is 1.85. The van der Waals surface area contributed by atoms with E-state index < -0.39 is 35.0 Å². The Morgan fingerprint density at radius 2 is 1.76 bits per heavy atom. The van der Waals surface area contributed by atoms with Crippen LogP contribution in [0.5, 0.6) is 5.75 Å². The molecule has 1 aromatic carbocycles. The Hall–Kier alpha value is -1.70. The third kappa shape index (κ3) is 8.81. The van der Waals surface area contributed by atoms with Gasteiger partial charge in [-0.05, 0) is 31.2 Å². The van der Waals surface area contributed by atoms with E-state index in [1.807, 2.05) is 0 Å². The van der Waals surface area contributed by atoms with Gasteiger partial charge in [0, 0.05) is 24.3 Å². The minimum atomic E-state index is -3.70. The van der Waals surface area contributed by atoms with E-state index >= 15 is 0 Å². The second kappa shape index (κ2) is 9.12. The Morgan fingerprint density at radius 3 is 2.28 bits per heavy atom. The number of nitrogens with two attached hydrogens (primary N) is 1. The van der Waals surface area contributed by atoms with Crippen LogP contribution in [-0.2, 0) is 19.2 Å². The Balaban J connectivity index is 2.43. The van der Waals surface area contributed by atoms with Crippen molar-refractivity contribution in [3.63, 3.8) is 0 Å². The van der Waals surface area contributed by atoms with Crippen LogP contribution in [0.2, 0.25) is 0 Å². The van der Waals surface area contributed by atoms with Gasteiger partial charge in [-0.2, -0.15) is 0 Å². The van der Waals surface area contributed by atoms with E-state index in [-0.39, 0.29) is 30.7 Å². The number of hydrogen-bond acceptors (Lipinski definition) is 6. The van der Waals surface area contributed by atoms with Gasteiger partial charge in [-0.25, -0.2) is 8.42 Å². The van der Waals surface area contributed by atoms with Gasteiger partial charge in [-0.15, -0.1) is 0 Å². The molecule has 0 aliphatic carbocycles. The van der Waals surface area contributed by atoms with Gasteiger partial charge in [0.05, 0.1) is 11.5 Å². The van der Waals surface area contributed by atoms with Crippen LogP contribution in [0.1, 0.15) is 23.7 Å². The summed E-state index contributed by atoms with van der Waals surface area (Å²) in [5.41, 5.74) is 5.43. The number of hydrogen-bond donors (Lipinski definition) is 2. The van der Waals surface area contributed by atoms with E-state index in [2.05, 4.69) is 0 Å². The summed E-state index contributed by atoms with van der Waals surface area (Å²) >= 11 is 0. The smallest absolute Gasteiger partial charge is 0.217 e. The van der Waals surface area contributed by atoms with Crippen molar-refractivity contribution in [2.75, 3.05) is 30.4 Å². The van der Waals surface area contributed by atoms with Crippen LogP contribution >= 0.6 is 7.37 Å². The Morgan fingerprint density at radius 1 is 1.16 bits per heavy atom. The molecule has 0 radical (unpaired) electrons. The SMILES string of the molecule is CC(=O)c1ccc(OCCS(=O)(=O)CCP(=O)(O)CCC(N)=O)cc1. The lowest BCUT2D eigenvalue weighted by Crippen LogP contribution is -2.20. The molecule has 0 saturated heterocycles. The lowest BCUT2D eigenvalue weighted by molar-refractivity contribution is -0.117. The zero-order chi connectivity index (χ0) is 19.1. The second-order valence-corrected chi connectivity index (χ2v) is 10.5. The summed E-state index contributed by atoms with van der Waals surface area (Å²) in [5.74, 6) is -1.14. The van der Waals surface area contributed by atoms with Gasteiger partial charge < -0.3 is 15.4 Å². The second-order valence-electron chi connectivity index (χ2n) is 5.59. The molecule has 0 aliphatic heterocycles. The van der Waals surface area contributed by atoms with Crippen molar-refractivity contribution in [1.29, 1.82) is 0 Å². The maximum Gasteiger partial charge on any atom is 0.217 e. The molecule has 0 fully saturated rings. The molecule has 1 amide bonds. The number of carbonyl (C=O) groups is 2. The molecule has 0 aromatic heterocycles. The van der Waals surface area contributed by atoms with Crippen molar-refractivity contribution in [2.45, 2.75) is 13.3 Å². The molecule has 8 nitrogen and oxygen atoms in total. The first-order valence-corrected chi connectivity index (χ1v) is 11.4. The van der Waals surface area contributed by atoms with Crippen molar-refractivity contribution >= 4 is 28.9 Å². The highest BCUT2D eigenvalue weighted by Crippen LogP contribution is 2.40. The quantitative estimate of drug-likeness (QED) is 0.420.